The molecular weight excluding hydrogens is 827 g/mol. The lowest BCUT2D eigenvalue weighted by Crippen LogP contribution is -2.07. The Bertz CT molecular complexity index is 3930. The van der Waals surface area contributed by atoms with Gasteiger partial charge in [0, 0.05) is 43.8 Å². The van der Waals surface area contributed by atoms with E-state index in [-0.39, 0.29) is 0 Å². The van der Waals surface area contributed by atoms with Crippen LogP contribution in [0.25, 0.3) is 123 Å². The van der Waals surface area contributed by atoms with Gasteiger partial charge in [-0.25, -0.2) is 4.98 Å². The molecule has 5 nitrogen and oxygen atoms in total. The van der Waals surface area contributed by atoms with Gasteiger partial charge in [0.25, 0.3) is 0 Å². The molecule has 0 bridgehead atoms. The molecule has 68 heavy (non-hydrogen) atoms. The average Bonchev–Trinajstić information content (AvgIpc) is 3.94. The second-order valence-corrected chi connectivity index (χ2v) is 17.1. The predicted molar refractivity (Wildman–Crippen MR) is 281 cm³/mol. The highest BCUT2D eigenvalue weighted by atomic mass is 15.2. The Labute approximate surface area is 393 Å². The highest BCUT2D eigenvalue weighted by Gasteiger charge is 2.26. The van der Waals surface area contributed by atoms with E-state index in [0.717, 1.165) is 105 Å². The highest BCUT2D eigenvalue weighted by Crippen LogP contribution is 2.45. The van der Waals surface area contributed by atoms with Crippen molar-refractivity contribution in [2.75, 3.05) is 0 Å². The SMILES string of the molecule is c1ccc(-c2ccc(-c3nc(-c4ccccc4-c4ccccc4)nc(-n4c5ccccc5c5ccc6c(c7ccccc7n6-c6c(-c7ccccc7)cccc6-c6ccccc6)c54)n3)cc2)cc1. The molecule has 13 rings (SSSR count). The van der Waals surface area contributed by atoms with Crippen molar-refractivity contribution >= 4 is 43.6 Å². The molecule has 0 aliphatic heterocycles. The maximum Gasteiger partial charge on any atom is 0.238 e. The number of hydrogen-bond donors (Lipinski definition) is 0. The van der Waals surface area contributed by atoms with E-state index in [0.29, 0.717) is 17.6 Å². The zero-order valence-electron chi connectivity index (χ0n) is 36.9. The Morgan fingerprint density at radius 1 is 0.250 bits per heavy atom. The molecule has 0 saturated heterocycles. The fourth-order valence-electron chi connectivity index (χ4n) is 10.1. The minimum absolute atomic E-state index is 0.546. The van der Waals surface area contributed by atoms with E-state index < -0.39 is 0 Å². The second kappa shape index (κ2) is 16.4. The van der Waals surface area contributed by atoms with Crippen LogP contribution in [0.1, 0.15) is 0 Å². The Hall–Kier alpha value is -9.19. The van der Waals surface area contributed by atoms with Crippen LogP contribution in [-0.4, -0.2) is 24.1 Å². The molecule has 0 unspecified atom stereocenters. The lowest BCUT2D eigenvalue weighted by Gasteiger charge is -2.19. The third-order valence-corrected chi connectivity index (χ3v) is 13.2. The molecule has 10 aromatic carbocycles. The first-order chi connectivity index (χ1) is 33.8. The van der Waals surface area contributed by atoms with E-state index in [2.05, 4.69) is 246 Å². The van der Waals surface area contributed by atoms with Gasteiger partial charge in [0.05, 0.1) is 27.8 Å². The molecule has 0 N–H and O–H groups in total. The first kappa shape index (κ1) is 39.2. The smallest absolute Gasteiger partial charge is 0.238 e. The Kier molecular flexibility index (Phi) is 9.43. The van der Waals surface area contributed by atoms with Gasteiger partial charge in [-0.3, -0.25) is 4.57 Å². The van der Waals surface area contributed by atoms with Gasteiger partial charge in [-0.05, 0) is 51.6 Å². The van der Waals surface area contributed by atoms with E-state index in [4.69, 9.17) is 15.0 Å². The van der Waals surface area contributed by atoms with Gasteiger partial charge >= 0.3 is 0 Å². The first-order valence-electron chi connectivity index (χ1n) is 23.0. The van der Waals surface area contributed by atoms with E-state index in [1.54, 1.807) is 0 Å². The highest BCUT2D eigenvalue weighted by molar-refractivity contribution is 6.26. The number of benzene rings is 10. The molecule has 0 amide bonds. The van der Waals surface area contributed by atoms with Crippen molar-refractivity contribution in [1.29, 1.82) is 0 Å². The van der Waals surface area contributed by atoms with Crippen molar-refractivity contribution < 1.29 is 0 Å². The van der Waals surface area contributed by atoms with Crippen molar-refractivity contribution in [3.05, 3.63) is 249 Å². The van der Waals surface area contributed by atoms with Gasteiger partial charge in [-0.1, -0.05) is 231 Å². The minimum Gasteiger partial charge on any atom is -0.308 e. The molecule has 0 saturated carbocycles. The monoisotopic (exact) mass is 867 g/mol. The number of rotatable bonds is 8. The molecule has 0 aliphatic carbocycles. The van der Waals surface area contributed by atoms with Crippen molar-refractivity contribution in [1.82, 2.24) is 24.1 Å². The molecule has 0 atom stereocenters. The minimum atomic E-state index is 0.546. The summed E-state index contributed by atoms with van der Waals surface area (Å²) >= 11 is 0. The van der Waals surface area contributed by atoms with Gasteiger partial charge in [0.15, 0.2) is 11.6 Å². The van der Waals surface area contributed by atoms with Crippen LogP contribution in [0.2, 0.25) is 0 Å². The fourth-order valence-corrected chi connectivity index (χ4v) is 10.1. The topological polar surface area (TPSA) is 48.5 Å². The maximum atomic E-state index is 5.52. The Morgan fingerprint density at radius 2 is 0.706 bits per heavy atom. The summed E-state index contributed by atoms with van der Waals surface area (Å²) in [4.78, 5) is 16.3. The van der Waals surface area contributed by atoms with Gasteiger partial charge in [0.1, 0.15) is 0 Å². The largest absolute Gasteiger partial charge is 0.308 e. The summed E-state index contributed by atoms with van der Waals surface area (Å²) in [5.74, 6) is 1.74. The number of para-hydroxylation sites is 3. The molecule has 5 heteroatoms. The molecule has 0 fully saturated rings. The zero-order valence-corrected chi connectivity index (χ0v) is 36.9. The van der Waals surface area contributed by atoms with E-state index in [1.165, 1.54) is 0 Å². The van der Waals surface area contributed by atoms with E-state index >= 15 is 0 Å². The van der Waals surface area contributed by atoms with E-state index in [9.17, 15) is 0 Å². The fraction of sp³-hybridized carbons (Fsp3) is 0. The van der Waals surface area contributed by atoms with Gasteiger partial charge in [-0.2, -0.15) is 9.97 Å². The second-order valence-electron chi connectivity index (χ2n) is 17.1. The van der Waals surface area contributed by atoms with Gasteiger partial charge in [-0.15, -0.1) is 0 Å². The summed E-state index contributed by atoms with van der Waals surface area (Å²) in [5, 5.41) is 4.50. The normalized spacial score (nSPS) is 11.5. The summed E-state index contributed by atoms with van der Waals surface area (Å²) in [6, 6.07) is 88.1. The number of hydrogen-bond acceptors (Lipinski definition) is 3. The molecule has 318 valence electrons. The first-order valence-corrected chi connectivity index (χ1v) is 23.0. The number of aromatic nitrogens is 5. The lowest BCUT2D eigenvalue weighted by atomic mass is 9.95. The van der Waals surface area contributed by atoms with Crippen molar-refractivity contribution in [3.63, 3.8) is 0 Å². The van der Waals surface area contributed by atoms with Crippen LogP contribution in [0.4, 0.5) is 0 Å². The maximum absolute atomic E-state index is 5.52. The average molecular weight is 868 g/mol. The summed E-state index contributed by atoms with van der Waals surface area (Å²) in [6.45, 7) is 0. The Balaban J connectivity index is 1.13. The quantitative estimate of drug-likeness (QED) is 0.153. The third kappa shape index (κ3) is 6.51. The molecule has 0 radical (unpaired) electrons. The van der Waals surface area contributed by atoms with Crippen LogP contribution < -0.4 is 0 Å². The predicted octanol–water partition coefficient (Wildman–Crippen LogP) is 16.1. The zero-order chi connectivity index (χ0) is 45.0. The van der Waals surface area contributed by atoms with Crippen LogP contribution in [-0.2, 0) is 0 Å². The third-order valence-electron chi connectivity index (χ3n) is 13.2. The van der Waals surface area contributed by atoms with Crippen molar-refractivity contribution in [2.45, 2.75) is 0 Å². The Morgan fingerprint density at radius 3 is 1.34 bits per heavy atom. The van der Waals surface area contributed by atoms with Crippen molar-refractivity contribution in [3.8, 4) is 78.9 Å². The molecule has 3 aromatic heterocycles. The van der Waals surface area contributed by atoms with Crippen LogP contribution >= 0.6 is 0 Å². The van der Waals surface area contributed by atoms with Crippen LogP contribution in [0.5, 0.6) is 0 Å². The summed E-state index contributed by atoms with van der Waals surface area (Å²) < 4.78 is 4.76. The number of nitrogens with zero attached hydrogens (tertiary/aromatic N) is 5. The summed E-state index contributed by atoms with van der Waals surface area (Å²) in [7, 11) is 0. The van der Waals surface area contributed by atoms with Crippen LogP contribution in [0.3, 0.4) is 0 Å². The molecule has 3 heterocycles. The lowest BCUT2D eigenvalue weighted by molar-refractivity contribution is 0.955. The number of fused-ring (bicyclic) bond motifs is 7. The summed E-state index contributed by atoms with van der Waals surface area (Å²) in [5.41, 5.74) is 16.2. The summed E-state index contributed by atoms with van der Waals surface area (Å²) in [6.07, 6.45) is 0. The van der Waals surface area contributed by atoms with Crippen molar-refractivity contribution in [2.24, 2.45) is 0 Å². The molecule has 0 aliphatic rings. The standard InChI is InChI=1S/C63H41N5/c1-5-20-42(21-6-1)43-36-38-47(39-37-43)61-64-62(53-30-14-13-28-48(53)44-22-7-2-8-23-44)66-63(65-61)68-55-34-17-15-29-51(55)52-40-41-57-58(60(52)68)54-31-16-18-35-56(54)67(57)59-49(45-24-9-3-10-25-45)32-19-33-50(59)46-26-11-4-12-27-46/h1-41H. The van der Waals surface area contributed by atoms with Gasteiger partial charge < -0.3 is 4.57 Å². The molecule has 13 aromatic rings. The molecule has 0 spiro atoms. The van der Waals surface area contributed by atoms with Gasteiger partial charge in [0.2, 0.25) is 5.95 Å². The molecular formula is C63H41N5. The van der Waals surface area contributed by atoms with Crippen LogP contribution in [0.15, 0.2) is 249 Å². The van der Waals surface area contributed by atoms with Crippen LogP contribution in [0, 0.1) is 0 Å². The van der Waals surface area contributed by atoms with E-state index in [1.807, 2.05) is 12.1 Å².